The largest absolute Gasteiger partial charge is 0.480 e. The second kappa shape index (κ2) is 4.23. The highest BCUT2D eigenvalue weighted by Gasteiger charge is 2.15. The fourth-order valence-electron chi connectivity index (χ4n) is 0.891. The fraction of sp³-hybridized carbons (Fsp3) is 0.375. The lowest BCUT2D eigenvalue weighted by Crippen LogP contribution is -2.29. The molecule has 0 aromatic carbocycles. The minimum atomic E-state index is -1.17. The number of aliphatic carboxylic acids is 1. The van der Waals surface area contributed by atoms with E-state index in [9.17, 15) is 9.59 Å². The molecule has 76 valence electrons. The molecule has 0 radical (unpaired) electrons. The standard InChI is InChI=1S/C8H9ClN2O3/c1-5-2-7(12)11(10-3-5)4-6(9)8(13)14/h2-3,6H,4H2,1H3,(H,13,14). The average molecular weight is 217 g/mol. The van der Waals surface area contributed by atoms with E-state index in [1.165, 1.54) is 12.3 Å². The Kier molecular flexibility index (Phi) is 3.24. The van der Waals surface area contributed by atoms with Crippen molar-refractivity contribution in [2.75, 3.05) is 0 Å². The van der Waals surface area contributed by atoms with Gasteiger partial charge in [0.25, 0.3) is 5.56 Å². The number of carbonyl (C=O) groups is 1. The molecule has 0 amide bonds. The maximum atomic E-state index is 11.2. The lowest BCUT2D eigenvalue weighted by Gasteiger charge is -2.05. The van der Waals surface area contributed by atoms with Gasteiger partial charge in [-0.2, -0.15) is 5.10 Å². The number of rotatable bonds is 3. The molecule has 1 unspecified atom stereocenters. The predicted octanol–water partition coefficient (Wildman–Crippen LogP) is 0.244. The number of carboxylic acids is 1. The van der Waals surface area contributed by atoms with Gasteiger partial charge in [0.2, 0.25) is 0 Å². The summed E-state index contributed by atoms with van der Waals surface area (Å²) in [5.74, 6) is -1.17. The SMILES string of the molecule is Cc1cnn(CC(Cl)C(=O)O)c(=O)c1. The van der Waals surface area contributed by atoms with Gasteiger partial charge < -0.3 is 5.11 Å². The van der Waals surface area contributed by atoms with Crippen LogP contribution in [0, 0.1) is 6.92 Å². The number of alkyl halides is 1. The Morgan fingerprint density at radius 1 is 1.79 bits per heavy atom. The van der Waals surface area contributed by atoms with Crippen LogP contribution in [0.2, 0.25) is 0 Å². The maximum absolute atomic E-state index is 11.2. The lowest BCUT2D eigenvalue weighted by molar-refractivity contribution is -0.136. The summed E-state index contributed by atoms with van der Waals surface area (Å²) in [6.45, 7) is 1.60. The predicted molar refractivity (Wildman–Crippen MR) is 50.5 cm³/mol. The van der Waals surface area contributed by atoms with Crippen molar-refractivity contribution in [3.63, 3.8) is 0 Å². The van der Waals surface area contributed by atoms with Crippen molar-refractivity contribution < 1.29 is 9.90 Å². The minimum absolute atomic E-state index is 0.129. The smallest absolute Gasteiger partial charge is 0.323 e. The molecule has 1 aromatic heterocycles. The molecule has 0 aliphatic heterocycles. The Hall–Kier alpha value is -1.36. The van der Waals surface area contributed by atoms with Crippen LogP contribution < -0.4 is 5.56 Å². The molecule has 0 saturated carbocycles. The zero-order valence-electron chi connectivity index (χ0n) is 7.48. The van der Waals surface area contributed by atoms with Gasteiger partial charge >= 0.3 is 5.97 Å². The topological polar surface area (TPSA) is 72.2 Å². The van der Waals surface area contributed by atoms with Gasteiger partial charge in [0.15, 0.2) is 5.38 Å². The van der Waals surface area contributed by atoms with Gasteiger partial charge in [0, 0.05) is 6.07 Å². The number of aryl methyl sites for hydroxylation is 1. The van der Waals surface area contributed by atoms with E-state index in [-0.39, 0.29) is 12.1 Å². The van der Waals surface area contributed by atoms with Gasteiger partial charge in [-0.1, -0.05) is 0 Å². The Bertz CT molecular complexity index is 402. The molecular weight excluding hydrogens is 208 g/mol. The Morgan fingerprint density at radius 2 is 2.43 bits per heavy atom. The van der Waals surface area contributed by atoms with Crippen molar-refractivity contribution in [3.05, 3.63) is 28.2 Å². The molecule has 0 aliphatic rings. The Morgan fingerprint density at radius 3 is 2.93 bits per heavy atom. The van der Waals surface area contributed by atoms with Crippen LogP contribution in [0.15, 0.2) is 17.1 Å². The Balaban J connectivity index is 2.88. The minimum Gasteiger partial charge on any atom is -0.480 e. The number of carboxylic acid groups (broad SMARTS) is 1. The van der Waals surface area contributed by atoms with E-state index in [2.05, 4.69) is 5.10 Å². The van der Waals surface area contributed by atoms with Crippen molar-refractivity contribution >= 4 is 17.6 Å². The molecule has 1 N–H and O–H groups in total. The number of aromatic nitrogens is 2. The van der Waals surface area contributed by atoms with Crippen LogP contribution in [-0.2, 0) is 11.3 Å². The number of hydrogen-bond donors (Lipinski definition) is 1. The zero-order chi connectivity index (χ0) is 10.7. The summed E-state index contributed by atoms with van der Waals surface area (Å²) in [5, 5.41) is 11.1. The third-order valence-corrected chi connectivity index (χ3v) is 1.93. The highest BCUT2D eigenvalue weighted by Crippen LogP contribution is 1.98. The van der Waals surface area contributed by atoms with E-state index in [0.717, 1.165) is 10.2 Å². The first kappa shape index (κ1) is 10.7. The molecule has 1 atom stereocenters. The molecule has 0 fully saturated rings. The highest BCUT2D eigenvalue weighted by atomic mass is 35.5. The molecule has 14 heavy (non-hydrogen) atoms. The van der Waals surface area contributed by atoms with Gasteiger partial charge in [0.05, 0.1) is 12.7 Å². The van der Waals surface area contributed by atoms with E-state index in [0.29, 0.717) is 0 Å². The van der Waals surface area contributed by atoms with Crippen LogP contribution in [-0.4, -0.2) is 26.2 Å². The van der Waals surface area contributed by atoms with Crippen molar-refractivity contribution in [2.45, 2.75) is 18.8 Å². The monoisotopic (exact) mass is 216 g/mol. The second-order valence-corrected chi connectivity index (χ2v) is 3.39. The summed E-state index contributed by atoms with van der Waals surface area (Å²) in [6, 6.07) is 1.37. The van der Waals surface area contributed by atoms with E-state index >= 15 is 0 Å². The summed E-state index contributed by atoms with van der Waals surface area (Å²) in [4.78, 5) is 21.7. The van der Waals surface area contributed by atoms with Crippen LogP contribution >= 0.6 is 11.6 Å². The van der Waals surface area contributed by atoms with Crippen LogP contribution in [0.3, 0.4) is 0 Å². The highest BCUT2D eigenvalue weighted by molar-refractivity contribution is 6.29. The number of hydrogen-bond acceptors (Lipinski definition) is 3. The molecule has 5 nitrogen and oxygen atoms in total. The molecule has 0 bridgehead atoms. The third-order valence-electron chi connectivity index (χ3n) is 1.61. The molecule has 1 aromatic rings. The summed E-state index contributed by atoms with van der Waals surface area (Å²) in [6.07, 6.45) is 1.48. The van der Waals surface area contributed by atoms with Crippen molar-refractivity contribution in [1.82, 2.24) is 9.78 Å². The zero-order valence-corrected chi connectivity index (χ0v) is 8.23. The molecule has 1 rings (SSSR count). The second-order valence-electron chi connectivity index (χ2n) is 2.86. The summed E-state index contributed by atoms with van der Waals surface area (Å²) in [5.41, 5.74) is 0.379. The van der Waals surface area contributed by atoms with Crippen molar-refractivity contribution in [2.24, 2.45) is 0 Å². The molecule has 1 heterocycles. The van der Waals surface area contributed by atoms with E-state index < -0.39 is 11.3 Å². The lowest BCUT2D eigenvalue weighted by atomic mass is 10.3. The van der Waals surface area contributed by atoms with Gasteiger partial charge in [-0.3, -0.25) is 9.59 Å². The molecule has 0 aliphatic carbocycles. The van der Waals surface area contributed by atoms with Crippen molar-refractivity contribution in [1.29, 1.82) is 0 Å². The van der Waals surface area contributed by atoms with E-state index in [1.54, 1.807) is 6.92 Å². The summed E-state index contributed by atoms with van der Waals surface area (Å²) in [7, 11) is 0. The van der Waals surface area contributed by atoms with Crippen LogP contribution in [0.5, 0.6) is 0 Å². The molecule has 0 saturated heterocycles. The number of nitrogens with zero attached hydrogens (tertiary/aromatic N) is 2. The number of halogens is 1. The normalized spacial score (nSPS) is 12.4. The average Bonchev–Trinajstić information content (AvgIpc) is 2.09. The quantitative estimate of drug-likeness (QED) is 0.735. The van der Waals surface area contributed by atoms with E-state index in [1.807, 2.05) is 0 Å². The van der Waals surface area contributed by atoms with E-state index in [4.69, 9.17) is 16.7 Å². The van der Waals surface area contributed by atoms with Gasteiger partial charge in [0.1, 0.15) is 0 Å². The molecule has 6 heteroatoms. The van der Waals surface area contributed by atoms with Crippen molar-refractivity contribution in [3.8, 4) is 0 Å². The van der Waals surface area contributed by atoms with Gasteiger partial charge in [-0.05, 0) is 12.5 Å². The summed E-state index contributed by atoms with van der Waals surface area (Å²) < 4.78 is 1.03. The fourth-order valence-corrected chi connectivity index (χ4v) is 1.02. The van der Waals surface area contributed by atoms with Crippen LogP contribution in [0.25, 0.3) is 0 Å². The first-order chi connectivity index (χ1) is 6.50. The first-order valence-electron chi connectivity index (χ1n) is 3.91. The third kappa shape index (κ3) is 2.56. The Labute approximate surface area is 84.9 Å². The maximum Gasteiger partial charge on any atom is 0.323 e. The summed E-state index contributed by atoms with van der Waals surface area (Å²) >= 11 is 5.46. The first-order valence-corrected chi connectivity index (χ1v) is 4.35. The van der Waals surface area contributed by atoms with Gasteiger partial charge in [-0.25, -0.2) is 4.68 Å². The molecule has 0 spiro atoms. The van der Waals surface area contributed by atoms with Gasteiger partial charge in [-0.15, -0.1) is 11.6 Å². The van der Waals surface area contributed by atoms with Crippen LogP contribution in [0.4, 0.5) is 0 Å². The molecular formula is C8H9ClN2O3. The van der Waals surface area contributed by atoms with Crippen LogP contribution in [0.1, 0.15) is 5.56 Å².